The Balaban J connectivity index is 2.25. The second-order valence-electron chi connectivity index (χ2n) is 2.48. The van der Waals surface area contributed by atoms with Crippen LogP contribution in [0.15, 0.2) is 28.7 Å². The summed E-state index contributed by atoms with van der Waals surface area (Å²) in [5.41, 5.74) is 0. The maximum atomic E-state index is 11.6. The van der Waals surface area contributed by atoms with Crippen LogP contribution in [0.1, 0.15) is 0 Å². The third kappa shape index (κ3) is 4.53. The first-order valence-corrected chi connectivity index (χ1v) is 4.72. The first-order chi connectivity index (χ1) is 6.68. The molecule has 0 aliphatic heterocycles. The minimum Gasteiger partial charge on any atom is -0.468 e. The summed E-state index contributed by atoms with van der Waals surface area (Å²) in [5, 5.41) is 0. The van der Waals surface area contributed by atoms with Crippen molar-refractivity contribution >= 4 is 15.9 Å². The summed E-state index contributed by atoms with van der Waals surface area (Å²) in [5.74, 6) is 0.577. The Morgan fingerprint density at radius 3 is 2.79 bits per heavy atom. The average Bonchev–Trinajstić information content (AvgIpc) is 2.12. The molecule has 5 heteroatoms. The van der Waals surface area contributed by atoms with Gasteiger partial charge in [0.15, 0.2) is 6.79 Å². The standard InChI is InChI=1S/C9H9BrF2O2/c10-7-2-1-3-8(4-7)14-6-13-5-9(11)12/h1-4,9H,5-6H2. The van der Waals surface area contributed by atoms with Gasteiger partial charge in [-0.05, 0) is 18.2 Å². The van der Waals surface area contributed by atoms with Gasteiger partial charge >= 0.3 is 0 Å². The number of ether oxygens (including phenoxy) is 2. The van der Waals surface area contributed by atoms with E-state index in [0.29, 0.717) is 5.75 Å². The van der Waals surface area contributed by atoms with Crippen molar-refractivity contribution in [3.63, 3.8) is 0 Å². The molecular weight excluding hydrogens is 258 g/mol. The molecule has 0 radical (unpaired) electrons. The van der Waals surface area contributed by atoms with E-state index in [4.69, 9.17) is 4.74 Å². The van der Waals surface area contributed by atoms with Crippen LogP contribution in [-0.2, 0) is 4.74 Å². The van der Waals surface area contributed by atoms with Gasteiger partial charge in [-0.15, -0.1) is 0 Å². The van der Waals surface area contributed by atoms with Gasteiger partial charge in [0.1, 0.15) is 12.4 Å². The first kappa shape index (κ1) is 11.4. The number of rotatable bonds is 5. The van der Waals surface area contributed by atoms with Crippen molar-refractivity contribution in [1.82, 2.24) is 0 Å². The normalized spacial score (nSPS) is 10.6. The molecule has 1 aromatic rings. The SMILES string of the molecule is FC(F)COCOc1cccc(Br)c1. The van der Waals surface area contributed by atoms with Crippen LogP contribution in [0.4, 0.5) is 8.78 Å². The molecule has 78 valence electrons. The largest absolute Gasteiger partial charge is 0.468 e. The second kappa shape index (κ2) is 5.93. The monoisotopic (exact) mass is 266 g/mol. The summed E-state index contributed by atoms with van der Waals surface area (Å²) in [4.78, 5) is 0. The van der Waals surface area contributed by atoms with Gasteiger partial charge in [-0.2, -0.15) is 0 Å². The molecule has 1 rings (SSSR count). The number of halogens is 3. The van der Waals surface area contributed by atoms with Gasteiger partial charge in [0, 0.05) is 4.47 Å². The summed E-state index contributed by atoms with van der Waals surface area (Å²) in [6, 6.07) is 7.07. The summed E-state index contributed by atoms with van der Waals surface area (Å²) in [6.45, 7) is -0.769. The van der Waals surface area contributed by atoms with Crippen molar-refractivity contribution in [3.8, 4) is 5.75 Å². The van der Waals surface area contributed by atoms with Crippen molar-refractivity contribution in [2.24, 2.45) is 0 Å². The smallest absolute Gasteiger partial charge is 0.261 e. The highest BCUT2D eigenvalue weighted by atomic mass is 79.9. The number of benzene rings is 1. The molecular formula is C9H9BrF2O2. The van der Waals surface area contributed by atoms with Gasteiger partial charge in [-0.3, -0.25) is 0 Å². The fourth-order valence-corrected chi connectivity index (χ4v) is 1.18. The van der Waals surface area contributed by atoms with Gasteiger partial charge in [-0.25, -0.2) is 8.78 Å². The molecule has 14 heavy (non-hydrogen) atoms. The number of hydrogen-bond donors (Lipinski definition) is 0. The van der Waals surface area contributed by atoms with E-state index in [1.165, 1.54) is 0 Å². The highest BCUT2D eigenvalue weighted by molar-refractivity contribution is 9.10. The fourth-order valence-electron chi connectivity index (χ4n) is 0.804. The summed E-state index contributed by atoms with van der Waals surface area (Å²) < 4.78 is 33.7. The Bertz CT molecular complexity index is 281. The molecule has 1 aromatic carbocycles. The second-order valence-corrected chi connectivity index (χ2v) is 3.40. The molecule has 0 unspecified atom stereocenters. The summed E-state index contributed by atoms with van der Waals surface area (Å²) >= 11 is 3.25. The van der Waals surface area contributed by atoms with E-state index in [2.05, 4.69) is 20.7 Å². The van der Waals surface area contributed by atoms with Crippen LogP contribution in [0.5, 0.6) is 5.75 Å². The van der Waals surface area contributed by atoms with Crippen molar-refractivity contribution < 1.29 is 18.3 Å². The molecule has 0 spiro atoms. The van der Waals surface area contributed by atoms with Crippen molar-refractivity contribution in [1.29, 1.82) is 0 Å². The lowest BCUT2D eigenvalue weighted by atomic mass is 10.3. The molecule has 0 heterocycles. The van der Waals surface area contributed by atoms with Gasteiger partial charge in [0.25, 0.3) is 6.43 Å². The van der Waals surface area contributed by atoms with Crippen LogP contribution in [0.25, 0.3) is 0 Å². The van der Waals surface area contributed by atoms with E-state index < -0.39 is 13.0 Å². The van der Waals surface area contributed by atoms with Crippen LogP contribution in [0.2, 0.25) is 0 Å². The van der Waals surface area contributed by atoms with Crippen LogP contribution in [0.3, 0.4) is 0 Å². The molecule has 0 aliphatic rings. The van der Waals surface area contributed by atoms with E-state index in [1.54, 1.807) is 18.2 Å². The van der Waals surface area contributed by atoms with E-state index >= 15 is 0 Å². The summed E-state index contributed by atoms with van der Waals surface area (Å²) in [6.07, 6.45) is -2.46. The van der Waals surface area contributed by atoms with Gasteiger partial charge < -0.3 is 9.47 Å². The Kier molecular flexibility index (Phi) is 4.82. The van der Waals surface area contributed by atoms with Crippen molar-refractivity contribution in [3.05, 3.63) is 28.7 Å². The minimum absolute atomic E-state index is 0.166. The molecule has 0 saturated carbocycles. The molecule has 2 nitrogen and oxygen atoms in total. The molecule has 0 aromatic heterocycles. The number of hydrogen-bond acceptors (Lipinski definition) is 2. The number of alkyl halides is 2. The predicted octanol–water partition coefficient (Wildman–Crippen LogP) is 3.07. The van der Waals surface area contributed by atoms with Gasteiger partial charge in [0.05, 0.1) is 0 Å². The predicted molar refractivity (Wildman–Crippen MR) is 51.6 cm³/mol. The van der Waals surface area contributed by atoms with Crippen LogP contribution in [-0.4, -0.2) is 19.8 Å². The van der Waals surface area contributed by atoms with Crippen LogP contribution < -0.4 is 4.74 Å². The lowest BCUT2D eigenvalue weighted by Crippen LogP contribution is -2.09. The zero-order valence-electron chi connectivity index (χ0n) is 7.25. The van der Waals surface area contributed by atoms with Crippen molar-refractivity contribution in [2.45, 2.75) is 6.43 Å². The molecule has 0 fully saturated rings. The molecule has 0 bridgehead atoms. The Morgan fingerprint density at radius 2 is 2.14 bits per heavy atom. The molecule has 0 aliphatic carbocycles. The molecule has 0 amide bonds. The minimum atomic E-state index is -2.46. The van der Waals surface area contributed by atoms with E-state index in [9.17, 15) is 8.78 Å². The van der Waals surface area contributed by atoms with Crippen molar-refractivity contribution in [2.75, 3.05) is 13.4 Å². The molecule has 0 atom stereocenters. The molecule has 0 saturated heterocycles. The lowest BCUT2D eigenvalue weighted by Gasteiger charge is -2.06. The molecule has 0 N–H and O–H groups in total. The zero-order valence-corrected chi connectivity index (χ0v) is 8.84. The van der Waals surface area contributed by atoms with Crippen LogP contribution >= 0.6 is 15.9 Å². The zero-order chi connectivity index (χ0) is 10.4. The quantitative estimate of drug-likeness (QED) is 0.603. The lowest BCUT2D eigenvalue weighted by molar-refractivity contribution is -0.0410. The average molecular weight is 267 g/mol. The highest BCUT2D eigenvalue weighted by Crippen LogP contribution is 2.17. The third-order valence-electron chi connectivity index (χ3n) is 1.35. The van der Waals surface area contributed by atoms with E-state index in [1.807, 2.05) is 6.07 Å². The Labute approximate surface area is 89.0 Å². The van der Waals surface area contributed by atoms with Crippen LogP contribution in [0, 0.1) is 0 Å². The van der Waals surface area contributed by atoms with Gasteiger partial charge in [0.2, 0.25) is 0 Å². The first-order valence-electron chi connectivity index (χ1n) is 3.93. The van der Waals surface area contributed by atoms with Gasteiger partial charge in [-0.1, -0.05) is 22.0 Å². The summed E-state index contributed by atoms with van der Waals surface area (Å²) in [7, 11) is 0. The maximum Gasteiger partial charge on any atom is 0.261 e. The Morgan fingerprint density at radius 1 is 1.36 bits per heavy atom. The topological polar surface area (TPSA) is 18.5 Å². The van der Waals surface area contributed by atoms with E-state index in [-0.39, 0.29) is 6.79 Å². The maximum absolute atomic E-state index is 11.6. The van der Waals surface area contributed by atoms with E-state index in [0.717, 1.165) is 4.47 Å². The third-order valence-corrected chi connectivity index (χ3v) is 1.84. The fraction of sp³-hybridized carbons (Fsp3) is 0.333. The Hall–Kier alpha value is -0.680. The highest BCUT2D eigenvalue weighted by Gasteiger charge is 2.01.